The molecule has 20 heavy (non-hydrogen) atoms. The third-order valence-electron chi connectivity index (χ3n) is 3.43. The molecular weight excluding hydrogens is 260 g/mol. The summed E-state index contributed by atoms with van der Waals surface area (Å²) in [7, 11) is 0. The summed E-state index contributed by atoms with van der Waals surface area (Å²) in [5.41, 5.74) is 4.43. The minimum atomic E-state index is -0.691. The predicted molar refractivity (Wildman–Crippen MR) is 75.1 cm³/mol. The molecule has 0 spiro atoms. The molecule has 0 aromatic rings. The Morgan fingerprint density at radius 2 is 2.00 bits per heavy atom. The van der Waals surface area contributed by atoms with Gasteiger partial charge in [0.05, 0.1) is 6.61 Å². The normalized spacial score (nSPS) is 26.6. The van der Waals surface area contributed by atoms with Crippen LogP contribution in [0.4, 0.5) is 4.79 Å². The van der Waals surface area contributed by atoms with E-state index < -0.39 is 29.1 Å². The van der Waals surface area contributed by atoms with Gasteiger partial charge >= 0.3 is 6.09 Å². The summed E-state index contributed by atoms with van der Waals surface area (Å²) in [5.74, 6) is -0.518. The standard InChI is InChI=1S/C14H26N2O4/c1-6-19-9-14(5)7-8-16(10(14)11(15)17)12(18)20-13(2,3)4/h10H,6-9H2,1-5H3,(H2,15,17)/t10-,14+/m1/s1. The van der Waals surface area contributed by atoms with Crippen LogP contribution >= 0.6 is 0 Å². The van der Waals surface area contributed by atoms with Crippen molar-refractivity contribution >= 4 is 12.0 Å². The second kappa shape index (κ2) is 5.99. The summed E-state index contributed by atoms with van der Waals surface area (Å²) in [6.07, 6.45) is 0.168. The largest absolute Gasteiger partial charge is 0.444 e. The minimum Gasteiger partial charge on any atom is -0.444 e. The molecular formula is C14H26N2O4. The van der Waals surface area contributed by atoms with Crippen molar-refractivity contribution in [1.82, 2.24) is 4.90 Å². The summed E-state index contributed by atoms with van der Waals surface area (Å²) in [6, 6.07) is -0.691. The van der Waals surface area contributed by atoms with E-state index in [1.807, 2.05) is 13.8 Å². The highest BCUT2D eigenvalue weighted by Gasteiger charge is 2.50. The fourth-order valence-electron chi connectivity index (χ4n) is 2.52. The lowest BCUT2D eigenvalue weighted by atomic mass is 9.83. The summed E-state index contributed by atoms with van der Waals surface area (Å²) in [6.45, 7) is 10.6. The van der Waals surface area contributed by atoms with Crippen LogP contribution in [-0.2, 0) is 14.3 Å². The van der Waals surface area contributed by atoms with Gasteiger partial charge in [-0.25, -0.2) is 4.79 Å². The molecule has 6 nitrogen and oxygen atoms in total. The van der Waals surface area contributed by atoms with Crippen LogP contribution in [-0.4, -0.2) is 48.3 Å². The number of nitrogens with two attached hydrogens (primary N) is 1. The van der Waals surface area contributed by atoms with Crippen LogP contribution in [0.25, 0.3) is 0 Å². The van der Waals surface area contributed by atoms with Crippen molar-refractivity contribution in [3.8, 4) is 0 Å². The molecule has 1 saturated heterocycles. The molecule has 1 fully saturated rings. The van der Waals surface area contributed by atoms with Crippen molar-refractivity contribution in [1.29, 1.82) is 0 Å². The maximum Gasteiger partial charge on any atom is 0.410 e. The zero-order valence-corrected chi connectivity index (χ0v) is 13.1. The van der Waals surface area contributed by atoms with Crippen molar-refractivity contribution in [3.63, 3.8) is 0 Å². The van der Waals surface area contributed by atoms with Gasteiger partial charge in [-0.1, -0.05) is 6.92 Å². The van der Waals surface area contributed by atoms with E-state index in [4.69, 9.17) is 15.2 Å². The Balaban J connectivity index is 2.88. The highest BCUT2D eigenvalue weighted by atomic mass is 16.6. The van der Waals surface area contributed by atoms with Gasteiger partial charge in [0.1, 0.15) is 11.6 Å². The van der Waals surface area contributed by atoms with Crippen LogP contribution in [0.5, 0.6) is 0 Å². The Kier molecular flexibility index (Phi) is 5.02. The molecule has 0 saturated carbocycles. The lowest BCUT2D eigenvalue weighted by Crippen LogP contribution is -2.52. The molecule has 2 amide bonds. The monoisotopic (exact) mass is 286 g/mol. The second-order valence-electron chi connectivity index (χ2n) is 6.52. The number of carbonyl (C=O) groups excluding carboxylic acids is 2. The third kappa shape index (κ3) is 3.85. The molecule has 1 aliphatic heterocycles. The molecule has 0 unspecified atom stereocenters. The number of likely N-dealkylation sites (tertiary alicyclic amines) is 1. The van der Waals surface area contributed by atoms with Crippen molar-refractivity contribution in [2.75, 3.05) is 19.8 Å². The van der Waals surface area contributed by atoms with Gasteiger partial charge in [-0.3, -0.25) is 9.69 Å². The fourth-order valence-corrected chi connectivity index (χ4v) is 2.52. The number of amides is 2. The van der Waals surface area contributed by atoms with E-state index >= 15 is 0 Å². The molecule has 2 N–H and O–H groups in total. The number of primary amides is 1. The molecule has 6 heteroatoms. The first kappa shape index (κ1) is 16.8. The number of hydrogen-bond acceptors (Lipinski definition) is 4. The molecule has 1 rings (SSSR count). The first-order valence-corrected chi connectivity index (χ1v) is 6.97. The second-order valence-corrected chi connectivity index (χ2v) is 6.52. The molecule has 2 atom stereocenters. The topological polar surface area (TPSA) is 81.9 Å². The van der Waals surface area contributed by atoms with E-state index in [9.17, 15) is 9.59 Å². The number of ether oxygens (including phenoxy) is 2. The Morgan fingerprint density at radius 3 is 2.45 bits per heavy atom. The van der Waals surface area contributed by atoms with Gasteiger partial charge in [-0.15, -0.1) is 0 Å². The smallest absolute Gasteiger partial charge is 0.410 e. The molecule has 0 aromatic heterocycles. The van der Waals surface area contributed by atoms with Gasteiger partial charge in [-0.05, 0) is 34.1 Å². The molecule has 1 heterocycles. The molecule has 0 aliphatic carbocycles. The maximum atomic E-state index is 12.2. The summed E-state index contributed by atoms with van der Waals surface area (Å²) < 4.78 is 10.8. The molecule has 0 bridgehead atoms. The van der Waals surface area contributed by atoms with Gasteiger partial charge in [0.25, 0.3) is 0 Å². The third-order valence-corrected chi connectivity index (χ3v) is 3.43. The Hall–Kier alpha value is -1.30. The van der Waals surface area contributed by atoms with Gasteiger partial charge < -0.3 is 15.2 Å². The number of nitrogens with zero attached hydrogens (tertiary/aromatic N) is 1. The number of rotatable bonds is 4. The van der Waals surface area contributed by atoms with E-state index in [1.165, 1.54) is 4.90 Å². The van der Waals surface area contributed by atoms with Gasteiger partial charge in [0.15, 0.2) is 0 Å². The van der Waals surface area contributed by atoms with E-state index in [0.29, 0.717) is 26.2 Å². The van der Waals surface area contributed by atoms with Crippen molar-refractivity contribution in [3.05, 3.63) is 0 Å². The Morgan fingerprint density at radius 1 is 1.40 bits per heavy atom. The maximum absolute atomic E-state index is 12.2. The Labute approximate surface area is 120 Å². The zero-order chi connectivity index (χ0) is 15.6. The van der Waals surface area contributed by atoms with Crippen LogP contribution in [0.1, 0.15) is 41.0 Å². The number of carbonyl (C=O) groups is 2. The van der Waals surface area contributed by atoms with Crippen LogP contribution in [0.2, 0.25) is 0 Å². The van der Waals surface area contributed by atoms with Crippen LogP contribution in [0.3, 0.4) is 0 Å². The summed E-state index contributed by atoms with van der Waals surface area (Å²) in [4.78, 5) is 25.4. The summed E-state index contributed by atoms with van der Waals surface area (Å²) in [5, 5.41) is 0. The first-order chi connectivity index (χ1) is 9.10. The van der Waals surface area contributed by atoms with Gasteiger partial charge in [0, 0.05) is 18.6 Å². The van der Waals surface area contributed by atoms with E-state index in [2.05, 4.69) is 0 Å². The molecule has 1 aliphatic rings. The van der Waals surface area contributed by atoms with E-state index in [0.717, 1.165) is 0 Å². The fraction of sp³-hybridized carbons (Fsp3) is 0.857. The van der Waals surface area contributed by atoms with Crippen molar-refractivity contribution < 1.29 is 19.1 Å². The molecule has 0 aromatic carbocycles. The van der Waals surface area contributed by atoms with Crippen molar-refractivity contribution in [2.45, 2.75) is 52.7 Å². The quantitative estimate of drug-likeness (QED) is 0.849. The SMILES string of the molecule is CCOC[C@]1(C)CCN(C(=O)OC(C)(C)C)[C@@H]1C(N)=O. The van der Waals surface area contributed by atoms with Crippen LogP contribution < -0.4 is 5.73 Å². The molecule has 116 valence electrons. The van der Waals surface area contributed by atoms with E-state index in [1.54, 1.807) is 20.8 Å². The highest BCUT2D eigenvalue weighted by Crippen LogP contribution is 2.37. The minimum absolute atomic E-state index is 0.399. The van der Waals surface area contributed by atoms with Crippen LogP contribution in [0.15, 0.2) is 0 Å². The van der Waals surface area contributed by atoms with Crippen LogP contribution in [0, 0.1) is 5.41 Å². The van der Waals surface area contributed by atoms with Gasteiger partial charge in [-0.2, -0.15) is 0 Å². The lowest BCUT2D eigenvalue weighted by molar-refractivity contribution is -0.126. The molecule has 0 radical (unpaired) electrons. The lowest BCUT2D eigenvalue weighted by Gasteiger charge is -2.33. The average molecular weight is 286 g/mol. The van der Waals surface area contributed by atoms with Crippen molar-refractivity contribution in [2.24, 2.45) is 11.1 Å². The summed E-state index contributed by atoms with van der Waals surface area (Å²) >= 11 is 0. The number of hydrogen-bond donors (Lipinski definition) is 1. The highest BCUT2D eigenvalue weighted by molar-refractivity contribution is 5.86. The Bertz CT molecular complexity index is 378. The zero-order valence-electron chi connectivity index (χ0n) is 13.1. The predicted octanol–water partition coefficient (Wildman–Crippen LogP) is 1.52. The first-order valence-electron chi connectivity index (χ1n) is 6.97. The van der Waals surface area contributed by atoms with Gasteiger partial charge in [0.2, 0.25) is 5.91 Å². The average Bonchev–Trinajstić information content (AvgIpc) is 2.63. The van der Waals surface area contributed by atoms with E-state index in [-0.39, 0.29) is 0 Å².